The molecule has 0 aromatic rings. The highest BCUT2D eigenvalue weighted by atomic mass is 16.5. The molecule has 1 rings (SSSR count). The van der Waals surface area contributed by atoms with Crippen molar-refractivity contribution in [2.45, 2.75) is 44.3 Å². The number of carbonyl (C=O) groups excluding carboxylic acids is 1. The van der Waals surface area contributed by atoms with Crippen LogP contribution in [0.4, 0.5) is 0 Å². The number of carbonyl (C=O) groups is 1. The quantitative estimate of drug-likeness (QED) is 0.430. The van der Waals surface area contributed by atoms with Crippen molar-refractivity contribution in [1.29, 1.82) is 0 Å². The zero-order valence-corrected chi connectivity index (χ0v) is 8.75. The Hall–Kier alpha value is -0.690. The van der Waals surface area contributed by atoms with Crippen molar-refractivity contribution in [2.75, 3.05) is 6.61 Å². The second kappa shape index (κ2) is 4.89. The third-order valence-electron chi connectivity index (χ3n) is 2.54. The van der Waals surface area contributed by atoms with Crippen LogP contribution in [-0.2, 0) is 9.53 Å². The predicted molar refractivity (Wildman–Crippen MR) is 51.0 cm³/mol. The second-order valence-electron chi connectivity index (χ2n) is 3.77. The van der Waals surface area contributed by atoms with Gasteiger partial charge in [0.15, 0.2) is 0 Å². The molecule has 0 aromatic heterocycles. The molecule has 6 nitrogen and oxygen atoms in total. The molecule has 3 unspecified atom stereocenters. The maximum absolute atomic E-state index is 10.9. The Morgan fingerprint density at radius 1 is 1.40 bits per heavy atom. The standard InChI is InChI=1S/C9H17NO5/c1-4-7(10-5(2)12)9(14)8(13)6(3-11)15-4/h4,6-9,11,13-14H,3H2,1-2H3,(H,10,12)/t4?,6?,7?,8-,9-/m1/s1. The summed E-state index contributed by atoms with van der Waals surface area (Å²) < 4.78 is 5.26. The summed E-state index contributed by atoms with van der Waals surface area (Å²) in [6.07, 6.45) is -3.58. The molecule has 1 fully saturated rings. The number of nitrogens with one attached hydrogen (secondary N) is 1. The van der Waals surface area contributed by atoms with E-state index in [1.54, 1.807) is 6.92 Å². The van der Waals surface area contributed by atoms with Gasteiger partial charge in [-0.2, -0.15) is 0 Å². The molecule has 1 amide bonds. The first-order valence-corrected chi connectivity index (χ1v) is 4.87. The lowest BCUT2D eigenvalue weighted by atomic mass is 9.93. The molecule has 0 spiro atoms. The van der Waals surface area contributed by atoms with Crippen LogP contribution in [0.15, 0.2) is 0 Å². The maximum Gasteiger partial charge on any atom is 0.217 e. The first-order valence-electron chi connectivity index (χ1n) is 4.87. The van der Waals surface area contributed by atoms with Crippen LogP contribution >= 0.6 is 0 Å². The molecular weight excluding hydrogens is 202 g/mol. The summed E-state index contributed by atoms with van der Waals surface area (Å²) >= 11 is 0. The smallest absolute Gasteiger partial charge is 0.217 e. The monoisotopic (exact) mass is 219 g/mol. The normalized spacial score (nSPS) is 41.3. The van der Waals surface area contributed by atoms with E-state index in [-0.39, 0.29) is 12.5 Å². The molecule has 15 heavy (non-hydrogen) atoms. The van der Waals surface area contributed by atoms with E-state index in [2.05, 4.69) is 5.32 Å². The lowest BCUT2D eigenvalue weighted by molar-refractivity contribution is -0.190. The van der Waals surface area contributed by atoms with Crippen LogP contribution in [-0.4, -0.2) is 58.3 Å². The van der Waals surface area contributed by atoms with Crippen LogP contribution in [0.5, 0.6) is 0 Å². The third kappa shape index (κ3) is 2.66. The zero-order chi connectivity index (χ0) is 11.6. The minimum absolute atomic E-state index is 0.302. The highest BCUT2D eigenvalue weighted by Crippen LogP contribution is 2.20. The van der Waals surface area contributed by atoms with E-state index in [1.165, 1.54) is 6.92 Å². The minimum Gasteiger partial charge on any atom is -0.394 e. The van der Waals surface area contributed by atoms with Crippen LogP contribution in [0.1, 0.15) is 13.8 Å². The van der Waals surface area contributed by atoms with E-state index < -0.39 is 30.5 Å². The van der Waals surface area contributed by atoms with E-state index in [4.69, 9.17) is 9.84 Å². The second-order valence-corrected chi connectivity index (χ2v) is 3.77. The molecule has 5 atom stereocenters. The first kappa shape index (κ1) is 12.4. The Kier molecular flexibility index (Phi) is 4.04. The summed E-state index contributed by atoms with van der Waals surface area (Å²) in [6, 6.07) is -0.653. The maximum atomic E-state index is 10.9. The SMILES string of the molecule is CC(=O)NC1C(C)OC(CO)[C@@H](O)[C@@H]1O. The lowest BCUT2D eigenvalue weighted by Gasteiger charge is -2.41. The van der Waals surface area contributed by atoms with E-state index in [0.29, 0.717) is 0 Å². The number of hydrogen-bond acceptors (Lipinski definition) is 5. The van der Waals surface area contributed by atoms with Crippen LogP contribution in [0, 0.1) is 0 Å². The highest BCUT2D eigenvalue weighted by molar-refractivity contribution is 5.73. The van der Waals surface area contributed by atoms with Crippen LogP contribution in [0.25, 0.3) is 0 Å². The van der Waals surface area contributed by atoms with Gasteiger partial charge >= 0.3 is 0 Å². The van der Waals surface area contributed by atoms with Crippen LogP contribution < -0.4 is 5.32 Å². The van der Waals surface area contributed by atoms with E-state index in [9.17, 15) is 15.0 Å². The van der Waals surface area contributed by atoms with Gasteiger partial charge in [-0.25, -0.2) is 0 Å². The summed E-state index contributed by atoms with van der Waals surface area (Å²) in [4.78, 5) is 10.9. The van der Waals surface area contributed by atoms with Gasteiger partial charge in [0.05, 0.1) is 18.8 Å². The molecule has 4 N–H and O–H groups in total. The molecule has 0 bridgehead atoms. The Bertz CT molecular complexity index is 235. The molecule has 1 aliphatic heterocycles. The Labute approximate surface area is 87.9 Å². The average Bonchev–Trinajstić information content (AvgIpc) is 2.18. The Balaban J connectivity index is 2.70. The molecule has 0 saturated carbocycles. The molecule has 0 radical (unpaired) electrons. The minimum atomic E-state index is -1.19. The Morgan fingerprint density at radius 2 is 2.00 bits per heavy atom. The van der Waals surface area contributed by atoms with Gasteiger partial charge in [-0.05, 0) is 6.92 Å². The topological polar surface area (TPSA) is 99.0 Å². The molecule has 0 aliphatic carbocycles. The summed E-state index contributed by atoms with van der Waals surface area (Å²) in [7, 11) is 0. The molecule has 0 aromatic carbocycles. The number of hydrogen-bond donors (Lipinski definition) is 4. The van der Waals surface area contributed by atoms with Gasteiger partial charge in [-0.15, -0.1) is 0 Å². The summed E-state index contributed by atoms with van der Waals surface area (Å²) in [6.45, 7) is 2.62. The van der Waals surface area contributed by atoms with Crippen molar-refractivity contribution in [3.63, 3.8) is 0 Å². The predicted octanol–water partition coefficient (Wildman–Crippen LogP) is -2.01. The fourth-order valence-electron chi connectivity index (χ4n) is 1.74. The van der Waals surface area contributed by atoms with Crippen molar-refractivity contribution in [3.8, 4) is 0 Å². The summed E-state index contributed by atoms with van der Waals surface area (Å²) in [5.41, 5.74) is 0. The average molecular weight is 219 g/mol. The van der Waals surface area contributed by atoms with Crippen molar-refractivity contribution in [3.05, 3.63) is 0 Å². The van der Waals surface area contributed by atoms with Gasteiger partial charge in [0.1, 0.15) is 18.3 Å². The van der Waals surface area contributed by atoms with E-state index in [0.717, 1.165) is 0 Å². The van der Waals surface area contributed by atoms with Gasteiger partial charge in [-0.1, -0.05) is 0 Å². The van der Waals surface area contributed by atoms with Crippen molar-refractivity contribution in [1.82, 2.24) is 5.32 Å². The number of aliphatic hydroxyl groups excluding tert-OH is 3. The lowest BCUT2D eigenvalue weighted by Crippen LogP contribution is -2.63. The van der Waals surface area contributed by atoms with Crippen LogP contribution in [0.3, 0.4) is 0 Å². The summed E-state index contributed by atoms with van der Waals surface area (Å²) in [5, 5.41) is 30.6. The molecule has 88 valence electrons. The van der Waals surface area contributed by atoms with Crippen molar-refractivity contribution in [2.24, 2.45) is 0 Å². The van der Waals surface area contributed by atoms with Gasteiger partial charge < -0.3 is 25.4 Å². The summed E-state index contributed by atoms with van der Waals surface area (Å²) in [5.74, 6) is -0.302. The van der Waals surface area contributed by atoms with Gasteiger partial charge in [0, 0.05) is 6.92 Å². The molecule has 6 heteroatoms. The number of ether oxygens (including phenoxy) is 1. The molecule has 1 saturated heterocycles. The zero-order valence-electron chi connectivity index (χ0n) is 8.75. The fourth-order valence-corrected chi connectivity index (χ4v) is 1.74. The number of rotatable bonds is 2. The highest BCUT2D eigenvalue weighted by Gasteiger charge is 2.42. The molecule has 1 aliphatic rings. The van der Waals surface area contributed by atoms with Gasteiger partial charge in [0.2, 0.25) is 5.91 Å². The Morgan fingerprint density at radius 3 is 2.47 bits per heavy atom. The van der Waals surface area contributed by atoms with Crippen molar-refractivity contribution >= 4 is 5.91 Å². The van der Waals surface area contributed by atoms with Crippen LogP contribution in [0.2, 0.25) is 0 Å². The first-order chi connectivity index (χ1) is 6.97. The molecule has 1 heterocycles. The fraction of sp³-hybridized carbons (Fsp3) is 0.889. The van der Waals surface area contributed by atoms with E-state index >= 15 is 0 Å². The van der Waals surface area contributed by atoms with Crippen molar-refractivity contribution < 1.29 is 24.9 Å². The number of amides is 1. The molecular formula is C9H17NO5. The van der Waals surface area contributed by atoms with Gasteiger partial charge in [0.25, 0.3) is 0 Å². The third-order valence-corrected chi connectivity index (χ3v) is 2.54. The largest absolute Gasteiger partial charge is 0.394 e. The van der Waals surface area contributed by atoms with E-state index in [1.807, 2.05) is 0 Å². The van der Waals surface area contributed by atoms with Gasteiger partial charge in [-0.3, -0.25) is 4.79 Å². The number of aliphatic hydroxyl groups is 3.